The zero-order valence-electron chi connectivity index (χ0n) is 61.5. The second kappa shape index (κ2) is 27.8. The molecule has 0 spiro atoms. The van der Waals surface area contributed by atoms with Crippen molar-refractivity contribution in [2.24, 2.45) is 0 Å². The van der Waals surface area contributed by atoms with Crippen molar-refractivity contribution >= 4 is 65.2 Å². The Labute approximate surface area is 651 Å². The molecule has 0 bridgehead atoms. The summed E-state index contributed by atoms with van der Waals surface area (Å²) < 4.78 is 4.90. The number of rotatable bonds is 14. The van der Waals surface area contributed by atoms with E-state index in [1.165, 1.54) is 154 Å². The van der Waals surface area contributed by atoms with Gasteiger partial charge in [0.25, 0.3) is 0 Å². The van der Waals surface area contributed by atoms with Crippen LogP contribution in [0.5, 0.6) is 0 Å². The lowest BCUT2D eigenvalue weighted by molar-refractivity contribution is 1.18. The maximum atomic E-state index is 2.45. The molecule has 0 saturated carbocycles. The molecule has 522 valence electrons. The van der Waals surface area contributed by atoms with Crippen LogP contribution in [0, 0.1) is 0 Å². The predicted molar refractivity (Wildman–Crippen MR) is 475 cm³/mol. The van der Waals surface area contributed by atoms with Crippen molar-refractivity contribution in [3.05, 3.63) is 437 Å². The van der Waals surface area contributed by atoms with Gasteiger partial charge in [0.15, 0.2) is 0 Å². The van der Waals surface area contributed by atoms with Crippen LogP contribution in [0.3, 0.4) is 0 Å². The molecule has 2 aromatic heterocycles. The molecule has 19 aromatic carbocycles. The van der Waals surface area contributed by atoms with E-state index in [0.717, 1.165) is 55.7 Å². The number of hydrogen-bond acceptors (Lipinski definition) is 0. The minimum atomic E-state index is 1.11. The van der Waals surface area contributed by atoms with E-state index in [2.05, 4.69) is 446 Å². The monoisotopic (exact) mass is 1420 g/mol. The first kappa shape index (κ1) is 65.6. The molecule has 0 atom stereocenters. The number of fused-ring (bicyclic) bond motifs is 8. The van der Waals surface area contributed by atoms with Crippen LogP contribution in [0.2, 0.25) is 0 Å². The van der Waals surface area contributed by atoms with Crippen molar-refractivity contribution in [1.82, 2.24) is 9.13 Å². The molecule has 0 fully saturated rings. The van der Waals surface area contributed by atoms with Gasteiger partial charge < -0.3 is 9.13 Å². The lowest BCUT2D eigenvalue weighted by Crippen LogP contribution is -1.95. The fourth-order valence-electron chi connectivity index (χ4n) is 17.3. The Morgan fingerprint density at radius 1 is 0.107 bits per heavy atom. The molecular formula is C110H72N2. The third-order valence-corrected chi connectivity index (χ3v) is 23.0. The molecule has 0 amide bonds. The standard InChI is InChI=1S/C110H72N2/c1-7-19-73(20-8-1)77-31-39-81(40-32-77)91-53-63-105-99(67-91)100-68-92(82-41-33-78(34-42-82)74-21-9-2-10-22-74)54-64-106(100)111(105)95-57-47-85(48-58-95)89-51-61-97-103(71-89)109(87-27-15-5-16-28-87)98-62-52-90(72-104(98)110(97)88-29-17-6-18-30-88)86-49-59-96(60-50-86)112-107-65-55-93(83-43-35-79(36-44-83)75-23-11-3-12-24-75)69-101(107)102-70-94(56-66-108(102)112)84-45-37-80(38-46-84)76-25-13-4-14-26-76/h1-72H. The van der Waals surface area contributed by atoms with Crippen LogP contribution in [0.15, 0.2) is 437 Å². The topological polar surface area (TPSA) is 9.86 Å². The first-order chi connectivity index (χ1) is 55.5. The summed E-state index contributed by atoms with van der Waals surface area (Å²) in [6, 6.07) is 161. The van der Waals surface area contributed by atoms with Gasteiger partial charge in [0.2, 0.25) is 0 Å². The van der Waals surface area contributed by atoms with E-state index in [0.29, 0.717) is 0 Å². The number of benzene rings is 19. The van der Waals surface area contributed by atoms with Crippen LogP contribution >= 0.6 is 0 Å². The van der Waals surface area contributed by atoms with Gasteiger partial charge in [0.05, 0.1) is 22.1 Å². The van der Waals surface area contributed by atoms with Gasteiger partial charge in [-0.1, -0.05) is 352 Å². The lowest BCUT2D eigenvalue weighted by Gasteiger charge is -2.20. The second-order valence-electron chi connectivity index (χ2n) is 29.5. The smallest absolute Gasteiger partial charge is 0.0541 e. The molecule has 2 heteroatoms. The highest BCUT2D eigenvalue weighted by atomic mass is 15.0. The molecule has 21 aromatic rings. The van der Waals surface area contributed by atoms with Crippen LogP contribution in [0.1, 0.15) is 0 Å². The predicted octanol–water partition coefficient (Wildman–Crippen LogP) is 30.2. The molecule has 21 rings (SSSR count). The van der Waals surface area contributed by atoms with Crippen LogP contribution in [0.25, 0.3) is 210 Å². The highest BCUT2D eigenvalue weighted by molar-refractivity contribution is 6.23. The average Bonchev–Trinajstić information content (AvgIpc) is 1.01. The van der Waals surface area contributed by atoms with E-state index in [1.807, 2.05) is 0 Å². The van der Waals surface area contributed by atoms with Gasteiger partial charge in [0, 0.05) is 32.9 Å². The number of aromatic nitrogens is 2. The zero-order valence-corrected chi connectivity index (χ0v) is 61.5. The van der Waals surface area contributed by atoms with Gasteiger partial charge in [0.1, 0.15) is 0 Å². The zero-order chi connectivity index (χ0) is 74.0. The summed E-state index contributed by atoms with van der Waals surface area (Å²) >= 11 is 0. The number of hydrogen-bond donors (Lipinski definition) is 0. The van der Waals surface area contributed by atoms with Gasteiger partial charge in [-0.2, -0.15) is 0 Å². The Hall–Kier alpha value is -14.7. The summed E-state index contributed by atoms with van der Waals surface area (Å²) in [4.78, 5) is 0. The van der Waals surface area contributed by atoms with Crippen LogP contribution < -0.4 is 0 Å². The van der Waals surface area contributed by atoms with E-state index in [-0.39, 0.29) is 0 Å². The molecule has 0 aliphatic carbocycles. The second-order valence-corrected chi connectivity index (χ2v) is 29.5. The highest BCUT2D eigenvalue weighted by Crippen LogP contribution is 2.48. The fourth-order valence-corrected chi connectivity index (χ4v) is 17.3. The van der Waals surface area contributed by atoms with Crippen LogP contribution in [-0.4, -0.2) is 9.13 Å². The molecule has 0 unspecified atom stereocenters. The largest absolute Gasteiger partial charge is 0.309 e. The average molecular weight is 1420 g/mol. The van der Waals surface area contributed by atoms with Crippen molar-refractivity contribution in [2.45, 2.75) is 0 Å². The Morgan fingerprint density at radius 3 is 0.491 bits per heavy atom. The fraction of sp³-hybridized carbons (Fsp3) is 0. The maximum absolute atomic E-state index is 2.45. The van der Waals surface area contributed by atoms with Crippen molar-refractivity contribution < 1.29 is 0 Å². The molecule has 0 radical (unpaired) electrons. The van der Waals surface area contributed by atoms with Crippen molar-refractivity contribution in [2.75, 3.05) is 0 Å². The molecule has 0 N–H and O–H groups in total. The molecule has 0 saturated heterocycles. The van der Waals surface area contributed by atoms with Gasteiger partial charge in [-0.25, -0.2) is 0 Å². The van der Waals surface area contributed by atoms with E-state index in [4.69, 9.17) is 0 Å². The lowest BCUT2D eigenvalue weighted by atomic mass is 9.84. The van der Waals surface area contributed by atoms with Gasteiger partial charge in [-0.05, 0) is 240 Å². The summed E-state index contributed by atoms with van der Waals surface area (Å²) in [5.74, 6) is 0. The molecule has 2 nitrogen and oxygen atoms in total. The summed E-state index contributed by atoms with van der Waals surface area (Å²) in [6.07, 6.45) is 0. The Bertz CT molecular complexity index is 6380. The maximum Gasteiger partial charge on any atom is 0.0541 e. The van der Waals surface area contributed by atoms with Crippen molar-refractivity contribution in [1.29, 1.82) is 0 Å². The summed E-state index contributed by atoms with van der Waals surface area (Å²) in [5.41, 5.74) is 35.5. The van der Waals surface area contributed by atoms with Crippen molar-refractivity contribution in [3.63, 3.8) is 0 Å². The summed E-state index contributed by atoms with van der Waals surface area (Å²) in [7, 11) is 0. The molecule has 0 aliphatic rings. The third-order valence-electron chi connectivity index (χ3n) is 23.0. The minimum absolute atomic E-state index is 1.11. The number of nitrogens with zero attached hydrogens (tertiary/aromatic N) is 2. The van der Waals surface area contributed by atoms with Gasteiger partial charge in [-0.15, -0.1) is 0 Å². The molecular weight excluding hydrogens is 1350 g/mol. The summed E-state index contributed by atoms with van der Waals surface area (Å²) in [6.45, 7) is 0. The molecule has 0 aliphatic heterocycles. The molecule has 2 heterocycles. The Balaban J connectivity index is 0.649. The minimum Gasteiger partial charge on any atom is -0.309 e. The first-order valence-electron chi connectivity index (χ1n) is 38.7. The third kappa shape index (κ3) is 11.9. The van der Waals surface area contributed by atoms with Crippen molar-refractivity contribution in [3.8, 4) is 145 Å². The Kier molecular flexibility index (Phi) is 16.3. The Morgan fingerprint density at radius 2 is 0.268 bits per heavy atom. The normalized spacial score (nSPS) is 11.6. The van der Waals surface area contributed by atoms with E-state index in [9.17, 15) is 0 Å². The van der Waals surface area contributed by atoms with E-state index >= 15 is 0 Å². The van der Waals surface area contributed by atoms with Gasteiger partial charge in [-0.3, -0.25) is 0 Å². The SMILES string of the molecule is c1ccc(-c2ccc(-c3ccc4c(c3)c3cc(-c5ccc(-c6ccccc6)cc5)ccc3n4-c3ccc(-c4ccc5c(-c6ccccc6)c6cc(-c7ccc(-n8c9ccc(-c%10ccc(-c%11ccccc%11)cc%10)cc9c9cc(-c%10ccc(-c%11ccccc%11)cc%10)ccc98)cc7)ccc6c(-c6ccccc6)c5c4)cc3)cc2)cc1. The highest BCUT2D eigenvalue weighted by Gasteiger charge is 2.22. The first-order valence-corrected chi connectivity index (χ1v) is 38.7. The van der Waals surface area contributed by atoms with E-state index in [1.54, 1.807) is 0 Å². The van der Waals surface area contributed by atoms with E-state index < -0.39 is 0 Å². The quantitative estimate of drug-likeness (QED) is 0.0961. The summed E-state index contributed by atoms with van der Waals surface area (Å²) in [5, 5.41) is 9.69. The van der Waals surface area contributed by atoms with Gasteiger partial charge >= 0.3 is 0 Å². The van der Waals surface area contributed by atoms with Crippen LogP contribution in [-0.2, 0) is 0 Å². The van der Waals surface area contributed by atoms with Crippen LogP contribution in [0.4, 0.5) is 0 Å². The molecule has 112 heavy (non-hydrogen) atoms.